The van der Waals surface area contributed by atoms with E-state index in [1.165, 1.54) is 26.0 Å². The lowest BCUT2D eigenvalue weighted by Crippen LogP contribution is -2.30. The van der Waals surface area contributed by atoms with E-state index >= 15 is 0 Å². The highest BCUT2D eigenvalue weighted by Crippen LogP contribution is 2.49. The molecule has 542 valence electrons. The van der Waals surface area contributed by atoms with Gasteiger partial charge in [-0.2, -0.15) is 56.0 Å². The molecule has 0 aliphatic rings. The zero-order chi connectivity index (χ0) is 73.8. The Morgan fingerprint density at radius 1 is 0.531 bits per heavy atom. The third kappa shape index (κ3) is 34.5. The molecule has 42 heteroatoms. The highest BCUT2D eigenvalue weighted by atomic mass is 79.9. The van der Waals surface area contributed by atoms with E-state index in [1.54, 1.807) is 51.4 Å². The minimum absolute atomic E-state index is 0.0194. The number of thiocarbonyl (C=S) groups is 3. The number of hydrogen-bond acceptors (Lipinski definition) is 17. The van der Waals surface area contributed by atoms with Gasteiger partial charge < -0.3 is 64.6 Å². The first-order valence-electron chi connectivity index (χ1n) is 28.2. The van der Waals surface area contributed by atoms with Crippen LogP contribution in [0.4, 0.5) is 56.8 Å². The van der Waals surface area contributed by atoms with Gasteiger partial charge in [-0.3, -0.25) is 13.3 Å². The molecule has 2 heterocycles. The molecule has 0 fully saturated rings. The molecule has 0 saturated heterocycles. The second-order valence-corrected chi connectivity index (χ2v) is 29.7. The SMILES string of the molecule is CCOP(=O)(COS(=O)(=O)C(F)(F)F)OCC.CCOP(=O)(COc1ccc(F)c(CCNC(=S)Nc2ccc(Br)cc2)c1F)OCC.CCOc1ccc(F)c(CCNC(=S)Nc2ccc(Br)cn2)c1F.ClB(Cl)Cl.Oc1ccc(F)c(CCNC(=S)Nc2ccc(Br)cn2)c1F. The lowest BCUT2D eigenvalue weighted by atomic mass is 10.1. The van der Waals surface area contributed by atoms with Gasteiger partial charge in [0.15, 0.2) is 62.7 Å². The average Bonchev–Trinajstić information content (AvgIpc) is 0.852. The van der Waals surface area contributed by atoms with Crippen LogP contribution >= 0.6 is 134 Å². The number of benzene rings is 4. The molecule has 4 aromatic carbocycles. The van der Waals surface area contributed by atoms with E-state index in [-0.39, 0.29) is 98.6 Å². The van der Waals surface area contributed by atoms with Gasteiger partial charge in [-0.25, -0.2) is 36.3 Å². The van der Waals surface area contributed by atoms with Crippen LogP contribution in [0.3, 0.4) is 0 Å². The first-order chi connectivity index (χ1) is 46.1. The molecule has 2 aromatic heterocycles. The number of aromatic hydroxyl groups is 1. The summed E-state index contributed by atoms with van der Waals surface area (Å²) < 4.78 is 201. The largest absolute Gasteiger partial charge is 0.523 e. The van der Waals surface area contributed by atoms with Crippen molar-refractivity contribution in [2.24, 2.45) is 0 Å². The van der Waals surface area contributed by atoms with E-state index in [9.17, 15) is 62.2 Å². The average molecular weight is 1760 g/mol. The Bertz CT molecular complexity index is 3690. The highest BCUT2D eigenvalue weighted by molar-refractivity contribution is 9.11. The van der Waals surface area contributed by atoms with Crippen molar-refractivity contribution in [2.75, 3.05) is 81.3 Å². The van der Waals surface area contributed by atoms with E-state index in [0.29, 0.717) is 28.5 Å². The lowest BCUT2D eigenvalue weighted by Gasteiger charge is -2.18. The van der Waals surface area contributed by atoms with Crippen molar-refractivity contribution in [3.8, 4) is 17.2 Å². The van der Waals surface area contributed by atoms with Crippen LogP contribution in [-0.2, 0) is 60.8 Å². The van der Waals surface area contributed by atoms with Crippen molar-refractivity contribution in [3.63, 3.8) is 0 Å². The van der Waals surface area contributed by atoms with Crippen LogP contribution in [0.2, 0.25) is 0 Å². The monoisotopic (exact) mass is 1750 g/mol. The number of hydrogen-bond donors (Lipinski definition) is 7. The minimum atomic E-state index is -5.80. The van der Waals surface area contributed by atoms with Gasteiger partial charge in [-0.05, 0) is 207 Å². The quantitative estimate of drug-likeness (QED) is 0.00602. The van der Waals surface area contributed by atoms with E-state index in [2.05, 4.69) is 103 Å². The van der Waals surface area contributed by atoms with Gasteiger partial charge in [0.25, 0.3) is 0 Å². The second kappa shape index (κ2) is 46.3. The fourth-order valence-electron chi connectivity index (χ4n) is 7.00. The number of halogens is 15. The molecule has 0 amide bonds. The molecule has 0 saturated carbocycles. The standard InChI is InChI=1S/C20H24BrF2N2O4PS.C16H16BrF2N3OS.C14H12BrF2N3OS.C6H12F3O6PS.BCl3/c1-3-28-30(26,29-4-2)13-27-18-10-9-17(22)16(19(18)23)11-12-24-20(31)25-15-7-5-14(21)6-8-15;1-2-23-13-5-4-12(18)11(15(13)19)7-8-20-16(24)22-14-6-3-10(17)9-21-14;15-8-1-4-12(19-7-8)20-14(22)18-6-5-9-10(16)2-3-11(21)13(9)17;1-3-13-16(10,14-4-2)5-15-17(11,12)6(7,8)9;2-1(3)4/h5-10H,3-4,11-13H2,1-2H3,(H2,24,25,31);3-6,9H,2,7-8H2,1H3,(H2,20,21,22,24);1-4,7,21H,5-6H2,(H2,18,19,20,22);3-5H2,1-2H3;. The van der Waals surface area contributed by atoms with Gasteiger partial charge in [0.05, 0.1) is 33.0 Å². The number of aromatic nitrogens is 2. The normalized spacial score (nSPS) is 11.1. The van der Waals surface area contributed by atoms with Crippen LogP contribution < -0.4 is 41.4 Å². The van der Waals surface area contributed by atoms with Crippen LogP contribution in [0.1, 0.15) is 51.3 Å². The third-order valence-corrected chi connectivity index (χ3v) is 18.0. The Balaban J connectivity index is 0.000000445. The van der Waals surface area contributed by atoms with Gasteiger partial charge in [-0.15, -0.1) is 0 Å². The molecule has 0 spiro atoms. The molecule has 20 nitrogen and oxygen atoms in total. The number of nitrogens with zero attached hydrogens (tertiary/aromatic N) is 2. The molecule has 98 heavy (non-hydrogen) atoms. The summed E-state index contributed by atoms with van der Waals surface area (Å²) in [6.07, 6.45) is 1.66. The maximum Gasteiger partial charge on any atom is 0.523 e. The molecular formula is C56H64BBr3Cl3F9N8O12P2S4. The van der Waals surface area contributed by atoms with Crippen LogP contribution in [0.25, 0.3) is 0 Å². The maximum atomic E-state index is 14.8. The molecule has 6 rings (SSSR count). The maximum absolute atomic E-state index is 14.8. The predicted molar refractivity (Wildman–Crippen MR) is 385 cm³/mol. The molecule has 0 atom stereocenters. The summed E-state index contributed by atoms with van der Waals surface area (Å²) in [6, 6.07) is 21.2. The molecule has 0 aliphatic carbocycles. The first-order valence-corrected chi connectivity index (χ1v) is 38.0. The number of nitrogens with one attached hydrogen (secondary N) is 6. The van der Waals surface area contributed by atoms with Gasteiger partial charge in [-0.1, -0.05) is 15.9 Å². The summed E-state index contributed by atoms with van der Waals surface area (Å²) in [4.78, 5) is 7.46. The number of alkyl halides is 3. The van der Waals surface area contributed by atoms with E-state index in [1.807, 2.05) is 30.3 Å². The lowest BCUT2D eigenvalue weighted by molar-refractivity contribution is -0.0534. The molecule has 0 aliphatic heterocycles. The van der Waals surface area contributed by atoms with Crippen molar-refractivity contribution in [2.45, 2.75) is 59.4 Å². The molecule has 6 aromatic rings. The summed E-state index contributed by atoms with van der Waals surface area (Å²) in [5.41, 5.74) is -5.17. The molecule has 0 unspecified atom stereocenters. The number of pyridine rings is 2. The molecule has 0 bridgehead atoms. The van der Waals surface area contributed by atoms with Crippen LogP contribution in [0.5, 0.6) is 17.2 Å². The van der Waals surface area contributed by atoms with Crippen LogP contribution in [0.15, 0.2) is 111 Å². The smallest absolute Gasteiger partial charge is 0.505 e. The number of anilines is 3. The van der Waals surface area contributed by atoms with E-state index in [4.69, 9.17) is 89.6 Å². The van der Waals surface area contributed by atoms with Crippen molar-refractivity contribution >= 4 is 182 Å². The number of ether oxygens (including phenoxy) is 2. The van der Waals surface area contributed by atoms with E-state index < -0.39 is 89.1 Å². The summed E-state index contributed by atoms with van der Waals surface area (Å²) in [6.45, 7) is 8.94. The highest BCUT2D eigenvalue weighted by Gasteiger charge is 2.48. The van der Waals surface area contributed by atoms with Crippen molar-refractivity contribution in [1.82, 2.24) is 25.9 Å². The van der Waals surface area contributed by atoms with Gasteiger partial charge in [0.1, 0.15) is 29.1 Å². The van der Waals surface area contributed by atoms with Crippen molar-refractivity contribution in [3.05, 3.63) is 162 Å². The second-order valence-electron chi connectivity index (χ2n) is 18.2. The fraction of sp³-hybridized carbons (Fsp3) is 0.339. The summed E-state index contributed by atoms with van der Waals surface area (Å²) in [5, 5.41) is 27.5. The zero-order valence-electron chi connectivity index (χ0n) is 52.0. The van der Waals surface area contributed by atoms with Gasteiger partial charge >= 0.3 is 35.8 Å². The van der Waals surface area contributed by atoms with Crippen molar-refractivity contribution < 1.29 is 93.9 Å². The Morgan fingerprint density at radius 3 is 1.26 bits per heavy atom. The Morgan fingerprint density at radius 2 is 0.888 bits per heavy atom. The van der Waals surface area contributed by atoms with Gasteiger partial charge in [0.2, 0.25) is 0 Å². The summed E-state index contributed by atoms with van der Waals surface area (Å²) in [5.74, 6) is -4.14. The Hall–Kier alpha value is -4.40. The fourth-order valence-corrected chi connectivity index (χ4v) is 11.9. The van der Waals surface area contributed by atoms with Gasteiger partial charge in [0, 0.05) is 67.8 Å². The Labute approximate surface area is 617 Å². The van der Waals surface area contributed by atoms with Crippen LogP contribution in [-0.4, -0.2) is 115 Å². The molecule has 7 N–H and O–H groups in total. The van der Waals surface area contributed by atoms with E-state index in [0.717, 1.165) is 43.4 Å². The topological polar surface area (TPSA) is 251 Å². The zero-order valence-corrected chi connectivity index (χ0v) is 64.1. The number of phenolic OH excluding ortho intramolecular Hbond substituents is 1. The summed E-state index contributed by atoms with van der Waals surface area (Å²) in [7, 11) is -13.3. The number of rotatable bonds is 28. The minimum Gasteiger partial charge on any atom is -0.505 e. The first kappa shape index (κ1) is 89.7. The Kier molecular flexibility index (Phi) is 42.3. The van der Waals surface area contributed by atoms with Crippen LogP contribution in [0, 0.1) is 34.9 Å². The molecular weight excluding hydrogens is 1690 g/mol. The number of phenols is 1. The third-order valence-electron chi connectivity index (χ3n) is 11.1. The molecule has 0 radical (unpaired) electrons. The summed E-state index contributed by atoms with van der Waals surface area (Å²) >= 11 is 39.7. The predicted octanol–water partition coefficient (Wildman–Crippen LogP) is 17.0. The van der Waals surface area contributed by atoms with Crippen molar-refractivity contribution in [1.29, 1.82) is 0 Å².